The number of likely N-dealkylation sites (tertiary alicyclic amines) is 1. The number of carboxylic acids is 1. The van der Waals surface area contributed by atoms with Gasteiger partial charge in [0.25, 0.3) is 0 Å². The first-order valence-electron chi connectivity index (χ1n) is 10.6. The van der Waals surface area contributed by atoms with Gasteiger partial charge < -0.3 is 19.5 Å². The highest BCUT2D eigenvalue weighted by Gasteiger charge is 2.44. The molecule has 1 amide bonds. The standard InChI is InChI=1S/C20H26N2O3.C2HF3O2/c23-19(16-5-1-2-6-16)22-11-8-20(9-12-22)13-18(15-25-20)24-14-17-7-3-4-10-21-17;3-2(4,5)1(6)7/h1-4,7,10,16,18H,5-6,8-9,11-15H2;(H,6,7). The lowest BCUT2D eigenvalue weighted by atomic mass is 9.87. The fraction of sp³-hybridized carbons (Fsp3) is 0.591. The quantitative estimate of drug-likeness (QED) is 0.699. The predicted octanol–water partition coefficient (Wildman–Crippen LogP) is 3.35. The molecule has 4 rings (SSSR count). The van der Waals surface area contributed by atoms with Crippen LogP contribution in [0.2, 0.25) is 0 Å². The summed E-state index contributed by atoms with van der Waals surface area (Å²) in [6, 6.07) is 5.87. The van der Waals surface area contributed by atoms with E-state index in [4.69, 9.17) is 19.4 Å². The number of nitrogens with zero attached hydrogens (tertiary/aromatic N) is 2. The Morgan fingerprint density at radius 3 is 2.44 bits per heavy atom. The molecule has 2 aliphatic heterocycles. The molecule has 0 saturated carbocycles. The van der Waals surface area contributed by atoms with E-state index in [9.17, 15) is 18.0 Å². The molecule has 7 nitrogen and oxygen atoms in total. The van der Waals surface area contributed by atoms with Crippen molar-refractivity contribution in [2.24, 2.45) is 5.92 Å². The second-order valence-corrected chi connectivity index (χ2v) is 8.22. The summed E-state index contributed by atoms with van der Waals surface area (Å²) in [5.41, 5.74) is 0.855. The molecule has 1 aliphatic carbocycles. The van der Waals surface area contributed by atoms with Crippen LogP contribution in [0.5, 0.6) is 0 Å². The van der Waals surface area contributed by atoms with Gasteiger partial charge in [-0.15, -0.1) is 0 Å². The largest absolute Gasteiger partial charge is 0.490 e. The SMILES string of the molecule is O=C(C1CC=CC1)N1CCC2(CC1)CC(OCc1ccccn1)CO2.O=C(O)C(F)(F)F. The number of alkyl halides is 3. The van der Waals surface area contributed by atoms with E-state index in [2.05, 4.69) is 17.1 Å². The lowest BCUT2D eigenvalue weighted by molar-refractivity contribution is -0.192. The van der Waals surface area contributed by atoms with Crippen LogP contribution in [0.3, 0.4) is 0 Å². The first-order chi connectivity index (χ1) is 15.2. The molecule has 3 heterocycles. The van der Waals surface area contributed by atoms with Crippen molar-refractivity contribution in [3.8, 4) is 0 Å². The third-order valence-electron chi connectivity index (χ3n) is 5.95. The average molecular weight is 456 g/mol. The van der Waals surface area contributed by atoms with Crippen molar-refractivity contribution in [3.63, 3.8) is 0 Å². The Hall–Kier alpha value is -2.46. The van der Waals surface area contributed by atoms with E-state index in [0.29, 0.717) is 19.1 Å². The second kappa shape index (κ2) is 10.4. The Morgan fingerprint density at radius 1 is 1.22 bits per heavy atom. The molecule has 32 heavy (non-hydrogen) atoms. The predicted molar refractivity (Wildman–Crippen MR) is 107 cm³/mol. The lowest BCUT2D eigenvalue weighted by Gasteiger charge is -2.39. The maximum absolute atomic E-state index is 12.5. The van der Waals surface area contributed by atoms with Gasteiger partial charge >= 0.3 is 12.1 Å². The molecule has 2 saturated heterocycles. The van der Waals surface area contributed by atoms with Gasteiger partial charge in [-0.05, 0) is 37.8 Å². The van der Waals surface area contributed by atoms with Crippen molar-refractivity contribution in [2.75, 3.05) is 19.7 Å². The lowest BCUT2D eigenvalue weighted by Crippen LogP contribution is -2.48. The van der Waals surface area contributed by atoms with Gasteiger partial charge in [0.05, 0.1) is 30.6 Å². The van der Waals surface area contributed by atoms with Gasteiger partial charge in [0.1, 0.15) is 0 Å². The fourth-order valence-electron chi connectivity index (χ4n) is 4.16. The smallest absolute Gasteiger partial charge is 0.475 e. The molecule has 0 bridgehead atoms. The van der Waals surface area contributed by atoms with Crippen LogP contribution >= 0.6 is 0 Å². The molecule has 1 aromatic heterocycles. The van der Waals surface area contributed by atoms with E-state index in [1.807, 2.05) is 23.1 Å². The highest BCUT2D eigenvalue weighted by molar-refractivity contribution is 5.79. The summed E-state index contributed by atoms with van der Waals surface area (Å²) in [6.45, 7) is 2.79. The third kappa shape index (κ3) is 6.52. The Kier molecular flexibility index (Phi) is 7.89. The summed E-state index contributed by atoms with van der Waals surface area (Å²) < 4.78 is 43.9. The Bertz CT molecular complexity index is 800. The van der Waals surface area contributed by atoms with Crippen molar-refractivity contribution in [3.05, 3.63) is 42.2 Å². The number of piperidine rings is 1. The third-order valence-corrected chi connectivity index (χ3v) is 5.95. The van der Waals surface area contributed by atoms with Gasteiger partial charge in [0.2, 0.25) is 5.91 Å². The zero-order valence-corrected chi connectivity index (χ0v) is 17.6. The number of hydrogen-bond acceptors (Lipinski definition) is 5. The maximum Gasteiger partial charge on any atom is 0.490 e. The Labute approximate surface area is 184 Å². The number of halogens is 3. The van der Waals surface area contributed by atoms with Gasteiger partial charge in [-0.25, -0.2) is 4.79 Å². The average Bonchev–Trinajstić information content (AvgIpc) is 3.44. The molecule has 0 radical (unpaired) electrons. The normalized spacial score (nSPS) is 22.6. The Balaban J connectivity index is 0.000000360. The van der Waals surface area contributed by atoms with Crippen molar-refractivity contribution >= 4 is 11.9 Å². The summed E-state index contributed by atoms with van der Waals surface area (Å²) in [5, 5.41) is 7.12. The number of rotatable bonds is 4. The topological polar surface area (TPSA) is 89.0 Å². The number of hydrogen-bond donors (Lipinski definition) is 1. The molecule has 1 N–H and O–H groups in total. The van der Waals surface area contributed by atoms with Crippen LogP contribution in [-0.2, 0) is 25.7 Å². The zero-order valence-electron chi connectivity index (χ0n) is 17.6. The highest BCUT2D eigenvalue weighted by Crippen LogP contribution is 2.38. The van der Waals surface area contributed by atoms with Crippen LogP contribution in [0.4, 0.5) is 13.2 Å². The van der Waals surface area contributed by atoms with Crippen molar-refractivity contribution in [2.45, 2.75) is 56.6 Å². The number of ether oxygens (including phenoxy) is 2. The van der Waals surface area contributed by atoms with Crippen LogP contribution in [0.1, 0.15) is 37.8 Å². The maximum atomic E-state index is 12.5. The fourth-order valence-corrected chi connectivity index (χ4v) is 4.16. The van der Waals surface area contributed by atoms with E-state index >= 15 is 0 Å². The molecule has 1 atom stereocenters. The van der Waals surface area contributed by atoms with E-state index in [-0.39, 0.29) is 17.6 Å². The monoisotopic (exact) mass is 456 g/mol. The van der Waals surface area contributed by atoms with Crippen molar-refractivity contribution < 1.29 is 37.3 Å². The molecular formula is C22H27F3N2O5. The van der Waals surface area contributed by atoms with Crippen LogP contribution in [0.25, 0.3) is 0 Å². The van der Waals surface area contributed by atoms with Crippen molar-refractivity contribution in [1.82, 2.24) is 9.88 Å². The second-order valence-electron chi connectivity index (χ2n) is 8.22. The minimum Gasteiger partial charge on any atom is -0.475 e. The van der Waals surface area contributed by atoms with Crippen LogP contribution in [-0.4, -0.2) is 64.4 Å². The number of carboxylic acid groups (broad SMARTS) is 1. The van der Waals surface area contributed by atoms with Crippen LogP contribution in [0, 0.1) is 5.92 Å². The van der Waals surface area contributed by atoms with E-state index < -0.39 is 12.1 Å². The minimum atomic E-state index is -5.08. The molecule has 1 aromatic rings. The molecule has 3 aliphatic rings. The number of amides is 1. The molecule has 1 spiro atoms. The van der Waals surface area contributed by atoms with Gasteiger partial charge in [-0.1, -0.05) is 18.2 Å². The number of aliphatic carboxylic acids is 1. The van der Waals surface area contributed by atoms with Crippen molar-refractivity contribution in [1.29, 1.82) is 0 Å². The number of pyridine rings is 1. The number of carbonyl (C=O) groups excluding carboxylic acids is 1. The first kappa shape index (κ1) is 24.2. The van der Waals surface area contributed by atoms with E-state index in [1.54, 1.807) is 6.20 Å². The van der Waals surface area contributed by atoms with Crippen LogP contribution < -0.4 is 0 Å². The van der Waals surface area contributed by atoms with Gasteiger partial charge in [-0.2, -0.15) is 13.2 Å². The van der Waals surface area contributed by atoms with E-state index in [1.165, 1.54) is 0 Å². The van der Waals surface area contributed by atoms with Gasteiger partial charge in [-0.3, -0.25) is 9.78 Å². The molecular weight excluding hydrogens is 429 g/mol. The summed E-state index contributed by atoms with van der Waals surface area (Å²) in [7, 11) is 0. The molecule has 2 fully saturated rings. The summed E-state index contributed by atoms with van der Waals surface area (Å²) in [6.07, 6.45) is 5.65. The molecule has 0 aromatic carbocycles. The molecule has 10 heteroatoms. The zero-order chi connectivity index (χ0) is 23.2. The van der Waals surface area contributed by atoms with E-state index in [0.717, 1.165) is 50.9 Å². The first-order valence-corrected chi connectivity index (χ1v) is 10.6. The minimum absolute atomic E-state index is 0.0977. The Morgan fingerprint density at radius 2 is 1.88 bits per heavy atom. The van der Waals surface area contributed by atoms with Gasteiger partial charge in [0, 0.05) is 31.6 Å². The van der Waals surface area contributed by atoms with Crippen LogP contribution in [0.15, 0.2) is 36.5 Å². The number of allylic oxidation sites excluding steroid dienone is 2. The summed E-state index contributed by atoms with van der Waals surface area (Å²) >= 11 is 0. The number of aromatic nitrogens is 1. The molecule has 176 valence electrons. The highest BCUT2D eigenvalue weighted by atomic mass is 19.4. The van der Waals surface area contributed by atoms with Gasteiger partial charge in [0.15, 0.2) is 0 Å². The molecule has 1 unspecified atom stereocenters. The number of carbonyl (C=O) groups is 2. The summed E-state index contributed by atoms with van der Waals surface area (Å²) in [4.78, 5) is 27.8. The summed E-state index contributed by atoms with van der Waals surface area (Å²) in [5.74, 6) is -2.26.